The molecule has 1 aromatic rings. The van der Waals surface area contributed by atoms with Crippen LogP contribution in [0, 0.1) is 5.92 Å². The Hall–Kier alpha value is -1.89. The topological polar surface area (TPSA) is 85.4 Å². The van der Waals surface area contributed by atoms with Crippen LogP contribution in [-0.2, 0) is 4.79 Å². The molecule has 0 aromatic carbocycles. The second-order valence-electron chi connectivity index (χ2n) is 4.31. The average molecular weight is 266 g/mol. The lowest BCUT2D eigenvalue weighted by atomic mass is 9.99. The van der Waals surface area contributed by atoms with E-state index in [1.165, 1.54) is 14.2 Å². The summed E-state index contributed by atoms with van der Waals surface area (Å²) in [7, 11) is 3.00. The summed E-state index contributed by atoms with van der Waals surface area (Å²) in [5.74, 6) is 0.775. The van der Waals surface area contributed by atoms with E-state index in [9.17, 15) is 4.79 Å². The van der Waals surface area contributed by atoms with Crippen LogP contribution in [0.2, 0.25) is 0 Å². The smallest absolute Gasteiger partial charge is 0.236 e. The summed E-state index contributed by atoms with van der Waals surface area (Å²) >= 11 is 0. The summed E-state index contributed by atoms with van der Waals surface area (Å²) in [6.07, 6.45) is 1.88. The summed E-state index contributed by atoms with van der Waals surface area (Å²) in [5, 5.41) is 5.90. The number of anilines is 1. The van der Waals surface area contributed by atoms with Gasteiger partial charge in [-0.05, 0) is 19.4 Å². The maximum absolute atomic E-state index is 12.1. The summed E-state index contributed by atoms with van der Waals surface area (Å²) < 4.78 is 10.1. The van der Waals surface area contributed by atoms with E-state index in [0.29, 0.717) is 18.3 Å². The highest BCUT2D eigenvalue weighted by atomic mass is 16.5. The van der Waals surface area contributed by atoms with Gasteiger partial charge in [-0.2, -0.15) is 9.97 Å². The highest BCUT2D eigenvalue weighted by Gasteiger charge is 2.22. The number of rotatable bonds is 4. The molecule has 1 amide bonds. The van der Waals surface area contributed by atoms with Gasteiger partial charge in [-0.3, -0.25) is 10.1 Å². The SMILES string of the molecule is COc1cc(OC)nc(NC(=O)[C@H]2CCCNC2)n1. The first-order chi connectivity index (χ1) is 9.22. The Morgan fingerprint density at radius 3 is 2.58 bits per heavy atom. The fraction of sp³-hybridized carbons (Fsp3) is 0.583. The molecule has 0 unspecified atom stereocenters. The quantitative estimate of drug-likeness (QED) is 0.822. The fourth-order valence-corrected chi connectivity index (χ4v) is 1.96. The number of amides is 1. The second-order valence-corrected chi connectivity index (χ2v) is 4.31. The fourth-order valence-electron chi connectivity index (χ4n) is 1.96. The molecule has 0 saturated carbocycles. The molecular weight excluding hydrogens is 248 g/mol. The number of methoxy groups -OCH3 is 2. The molecule has 1 fully saturated rings. The van der Waals surface area contributed by atoms with Gasteiger partial charge >= 0.3 is 0 Å². The van der Waals surface area contributed by atoms with Crippen LogP contribution in [0.5, 0.6) is 11.8 Å². The first-order valence-corrected chi connectivity index (χ1v) is 6.21. The average Bonchev–Trinajstić information content (AvgIpc) is 2.47. The van der Waals surface area contributed by atoms with Crippen LogP contribution in [0.25, 0.3) is 0 Å². The number of nitrogens with one attached hydrogen (secondary N) is 2. The predicted octanol–water partition coefficient (Wildman–Crippen LogP) is 0.432. The number of aromatic nitrogens is 2. The third kappa shape index (κ3) is 3.54. The Morgan fingerprint density at radius 2 is 2.05 bits per heavy atom. The van der Waals surface area contributed by atoms with Crippen molar-refractivity contribution in [3.8, 4) is 11.8 Å². The van der Waals surface area contributed by atoms with Gasteiger partial charge in [0.2, 0.25) is 23.6 Å². The molecule has 0 spiro atoms. The van der Waals surface area contributed by atoms with Crippen molar-refractivity contribution >= 4 is 11.9 Å². The van der Waals surface area contributed by atoms with Crippen molar-refractivity contribution in [2.24, 2.45) is 5.92 Å². The molecule has 0 radical (unpaired) electrons. The van der Waals surface area contributed by atoms with Gasteiger partial charge in [0.05, 0.1) is 26.2 Å². The van der Waals surface area contributed by atoms with E-state index in [2.05, 4.69) is 20.6 Å². The number of ether oxygens (including phenoxy) is 2. The Bertz CT molecular complexity index is 424. The van der Waals surface area contributed by atoms with E-state index in [1.807, 2.05) is 0 Å². The summed E-state index contributed by atoms with van der Waals surface area (Å²) in [5.41, 5.74) is 0. The molecule has 104 valence electrons. The van der Waals surface area contributed by atoms with E-state index in [0.717, 1.165) is 19.4 Å². The lowest BCUT2D eigenvalue weighted by molar-refractivity contribution is -0.120. The molecule has 0 bridgehead atoms. The lowest BCUT2D eigenvalue weighted by Crippen LogP contribution is -2.37. The second kappa shape index (κ2) is 6.33. The minimum Gasteiger partial charge on any atom is -0.481 e. The van der Waals surface area contributed by atoms with E-state index >= 15 is 0 Å². The minimum absolute atomic E-state index is 0.0467. The monoisotopic (exact) mass is 266 g/mol. The third-order valence-corrected chi connectivity index (χ3v) is 3.00. The Kier molecular flexibility index (Phi) is 4.51. The van der Waals surface area contributed by atoms with Gasteiger partial charge in [0.25, 0.3) is 0 Å². The largest absolute Gasteiger partial charge is 0.481 e. The Labute approximate surface area is 111 Å². The van der Waals surface area contributed by atoms with E-state index in [-0.39, 0.29) is 17.8 Å². The zero-order chi connectivity index (χ0) is 13.7. The molecule has 1 atom stereocenters. The highest BCUT2D eigenvalue weighted by Crippen LogP contribution is 2.18. The summed E-state index contributed by atoms with van der Waals surface area (Å²) in [6.45, 7) is 1.65. The number of hydrogen-bond donors (Lipinski definition) is 2. The molecule has 1 saturated heterocycles. The number of carbonyl (C=O) groups excluding carboxylic acids is 1. The van der Waals surface area contributed by atoms with Crippen LogP contribution in [0.3, 0.4) is 0 Å². The van der Waals surface area contributed by atoms with Crippen molar-refractivity contribution < 1.29 is 14.3 Å². The number of nitrogens with zero attached hydrogens (tertiary/aromatic N) is 2. The molecule has 2 N–H and O–H groups in total. The molecule has 0 aliphatic carbocycles. The van der Waals surface area contributed by atoms with Crippen molar-refractivity contribution in [3.63, 3.8) is 0 Å². The van der Waals surface area contributed by atoms with Crippen LogP contribution in [0.1, 0.15) is 12.8 Å². The van der Waals surface area contributed by atoms with Crippen LogP contribution in [-0.4, -0.2) is 43.2 Å². The normalized spacial score (nSPS) is 18.7. The maximum Gasteiger partial charge on any atom is 0.236 e. The van der Waals surface area contributed by atoms with Crippen LogP contribution in [0.4, 0.5) is 5.95 Å². The molecule has 7 heteroatoms. The molecule has 2 rings (SSSR count). The van der Waals surface area contributed by atoms with Gasteiger partial charge in [0.1, 0.15) is 0 Å². The van der Waals surface area contributed by atoms with Crippen LogP contribution >= 0.6 is 0 Å². The molecular formula is C12H18N4O3. The van der Waals surface area contributed by atoms with Crippen LogP contribution in [0.15, 0.2) is 6.07 Å². The molecule has 19 heavy (non-hydrogen) atoms. The first-order valence-electron chi connectivity index (χ1n) is 6.21. The van der Waals surface area contributed by atoms with Gasteiger partial charge in [0.15, 0.2) is 0 Å². The number of hydrogen-bond acceptors (Lipinski definition) is 6. The van der Waals surface area contributed by atoms with Gasteiger partial charge in [-0.25, -0.2) is 0 Å². The number of piperidine rings is 1. The van der Waals surface area contributed by atoms with Gasteiger partial charge in [-0.15, -0.1) is 0 Å². The number of carbonyl (C=O) groups is 1. The summed E-state index contributed by atoms with van der Waals surface area (Å²) in [4.78, 5) is 20.2. The van der Waals surface area contributed by atoms with E-state index in [1.54, 1.807) is 6.07 Å². The van der Waals surface area contributed by atoms with Crippen molar-refractivity contribution in [2.75, 3.05) is 32.6 Å². The standard InChI is InChI=1S/C12H18N4O3/c1-18-9-6-10(19-2)15-12(14-9)16-11(17)8-4-3-5-13-7-8/h6,8,13H,3-5,7H2,1-2H3,(H,14,15,16,17)/t8-/m0/s1. The molecule has 7 nitrogen and oxygen atoms in total. The van der Waals surface area contributed by atoms with Crippen molar-refractivity contribution in [2.45, 2.75) is 12.8 Å². The van der Waals surface area contributed by atoms with Gasteiger partial charge in [0, 0.05) is 6.54 Å². The van der Waals surface area contributed by atoms with Crippen molar-refractivity contribution in [1.82, 2.24) is 15.3 Å². The van der Waals surface area contributed by atoms with Crippen molar-refractivity contribution in [1.29, 1.82) is 0 Å². The molecule has 1 aromatic heterocycles. The molecule has 1 aliphatic rings. The zero-order valence-corrected chi connectivity index (χ0v) is 11.1. The first kappa shape index (κ1) is 13.5. The van der Waals surface area contributed by atoms with Gasteiger partial charge < -0.3 is 14.8 Å². The van der Waals surface area contributed by atoms with E-state index < -0.39 is 0 Å². The predicted molar refractivity (Wildman–Crippen MR) is 69.4 cm³/mol. The Morgan fingerprint density at radius 1 is 1.37 bits per heavy atom. The molecule has 1 aliphatic heterocycles. The third-order valence-electron chi connectivity index (χ3n) is 3.00. The lowest BCUT2D eigenvalue weighted by Gasteiger charge is -2.21. The highest BCUT2D eigenvalue weighted by molar-refractivity contribution is 5.91. The summed E-state index contributed by atoms with van der Waals surface area (Å²) in [6, 6.07) is 1.55. The minimum atomic E-state index is -0.0810. The zero-order valence-electron chi connectivity index (χ0n) is 11.1. The Balaban J connectivity index is 2.06. The maximum atomic E-state index is 12.1. The van der Waals surface area contributed by atoms with Crippen LogP contribution < -0.4 is 20.1 Å². The van der Waals surface area contributed by atoms with Gasteiger partial charge in [-0.1, -0.05) is 0 Å². The molecule has 2 heterocycles. The van der Waals surface area contributed by atoms with E-state index in [4.69, 9.17) is 9.47 Å². The van der Waals surface area contributed by atoms with Crippen molar-refractivity contribution in [3.05, 3.63) is 6.07 Å².